The molecule has 0 unspecified atom stereocenters. The van der Waals surface area contributed by atoms with Gasteiger partial charge in [0, 0.05) is 6.08 Å². The molecule has 1 rings (SSSR count). The van der Waals surface area contributed by atoms with Crippen LogP contribution in [0.15, 0.2) is 11.6 Å². The molecular formula is C10H16O3. The first-order chi connectivity index (χ1) is 5.97. The summed E-state index contributed by atoms with van der Waals surface area (Å²) >= 11 is 0. The van der Waals surface area contributed by atoms with Crippen LogP contribution in [-0.4, -0.2) is 24.8 Å². The summed E-state index contributed by atoms with van der Waals surface area (Å²) in [6.45, 7) is 6.85. The highest BCUT2D eigenvalue weighted by Gasteiger charge is 2.16. The number of carbonyl (C=O) groups excluding carboxylic acids is 1. The minimum absolute atomic E-state index is 0.270. The van der Waals surface area contributed by atoms with E-state index in [9.17, 15) is 4.79 Å². The highest BCUT2D eigenvalue weighted by atomic mass is 16.6. The SMILES string of the molecule is CC(C)(C)OC(=O)/C=C1/CCOC1. The quantitative estimate of drug-likeness (QED) is 0.459. The molecular weight excluding hydrogens is 168 g/mol. The Labute approximate surface area is 78.7 Å². The highest BCUT2D eigenvalue weighted by Crippen LogP contribution is 2.13. The minimum atomic E-state index is -0.409. The third-order valence-electron chi connectivity index (χ3n) is 1.58. The maximum atomic E-state index is 11.3. The Kier molecular flexibility index (Phi) is 3.09. The van der Waals surface area contributed by atoms with E-state index in [4.69, 9.17) is 9.47 Å². The van der Waals surface area contributed by atoms with Crippen molar-refractivity contribution in [1.29, 1.82) is 0 Å². The van der Waals surface area contributed by atoms with E-state index in [-0.39, 0.29) is 5.97 Å². The van der Waals surface area contributed by atoms with Gasteiger partial charge in [0.2, 0.25) is 0 Å². The second-order valence-electron chi connectivity index (χ2n) is 4.14. The van der Waals surface area contributed by atoms with Crippen molar-refractivity contribution in [3.05, 3.63) is 11.6 Å². The molecule has 1 aliphatic heterocycles. The van der Waals surface area contributed by atoms with Gasteiger partial charge in [-0.25, -0.2) is 4.79 Å². The Hall–Kier alpha value is -0.830. The topological polar surface area (TPSA) is 35.5 Å². The molecule has 0 aromatic rings. The first kappa shape index (κ1) is 10.3. The van der Waals surface area contributed by atoms with Gasteiger partial charge in [-0.2, -0.15) is 0 Å². The van der Waals surface area contributed by atoms with Crippen molar-refractivity contribution in [1.82, 2.24) is 0 Å². The van der Waals surface area contributed by atoms with Gasteiger partial charge in [-0.3, -0.25) is 0 Å². The van der Waals surface area contributed by atoms with Gasteiger partial charge in [0.25, 0.3) is 0 Å². The molecule has 0 aliphatic carbocycles. The van der Waals surface area contributed by atoms with Gasteiger partial charge in [-0.1, -0.05) is 0 Å². The van der Waals surface area contributed by atoms with Crippen LogP contribution in [0.1, 0.15) is 27.2 Å². The fourth-order valence-corrected chi connectivity index (χ4v) is 1.09. The number of ether oxygens (including phenoxy) is 2. The number of carbonyl (C=O) groups is 1. The Morgan fingerprint density at radius 2 is 2.23 bits per heavy atom. The summed E-state index contributed by atoms with van der Waals surface area (Å²) in [6, 6.07) is 0. The Morgan fingerprint density at radius 3 is 2.69 bits per heavy atom. The van der Waals surface area contributed by atoms with Gasteiger partial charge in [0.1, 0.15) is 5.60 Å². The van der Waals surface area contributed by atoms with E-state index in [1.165, 1.54) is 6.08 Å². The summed E-state index contributed by atoms with van der Waals surface area (Å²) in [7, 11) is 0. The maximum Gasteiger partial charge on any atom is 0.331 e. The van der Waals surface area contributed by atoms with E-state index in [0.29, 0.717) is 13.2 Å². The molecule has 0 spiro atoms. The zero-order chi connectivity index (χ0) is 9.90. The molecule has 3 nitrogen and oxygen atoms in total. The van der Waals surface area contributed by atoms with E-state index in [1.807, 2.05) is 20.8 Å². The number of hydrogen-bond acceptors (Lipinski definition) is 3. The Bertz CT molecular complexity index is 215. The molecule has 0 aromatic carbocycles. The standard InChI is InChI=1S/C10H16O3/c1-10(2,3)13-9(11)6-8-4-5-12-7-8/h6H,4-5,7H2,1-3H3/b8-6-. The van der Waals surface area contributed by atoms with Gasteiger partial charge in [0.15, 0.2) is 0 Å². The van der Waals surface area contributed by atoms with Crippen LogP contribution in [0.3, 0.4) is 0 Å². The smallest absolute Gasteiger partial charge is 0.331 e. The van der Waals surface area contributed by atoms with Crippen molar-refractivity contribution in [3.63, 3.8) is 0 Å². The predicted octanol–water partition coefficient (Wildman–Crippen LogP) is 1.67. The van der Waals surface area contributed by atoms with Crippen molar-refractivity contribution in [3.8, 4) is 0 Å². The maximum absolute atomic E-state index is 11.3. The van der Waals surface area contributed by atoms with Crippen molar-refractivity contribution >= 4 is 5.97 Å². The van der Waals surface area contributed by atoms with Gasteiger partial charge >= 0.3 is 5.97 Å². The van der Waals surface area contributed by atoms with Gasteiger partial charge in [0.05, 0.1) is 13.2 Å². The normalized spacial score (nSPS) is 20.7. The van der Waals surface area contributed by atoms with Gasteiger partial charge in [-0.05, 0) is 32.8 Å². The average molecular weight is 184 g/mol. The van der Waals surface area contributed by atoms with Crippen molar-refractivity contribution < 1.29 is 14.3 Å². The van der Waals surface area contributed by atoms with E-state index >= 15 is 0 Å². The fourth-order valence-electron chi connectivity index (χ4n) is 1.09. The molecule has 0 radical (unpaired) electrons. The first-order valence-corrected chi connectivity index (χ1v) is 4.47. The number of hydrogen-bond donors (Lipinski definition) is 0. The van der Waals surface area contributed by atoms with Crippen molar-refractivity contribution in [2.45, 2.75) is 32.8 Å². The molecule has 1 fully saturated rings. The molecule has 1 aliphatic rings. The molecule has 1 saturated heterocycles. The summed E-state index contributed by atoms with van der Waals surface area (Å²) in [5.74, 6) is -0.270. The van der Waals surface area contributed by atoms with Crippen molar-refractivity contribution in [2.75, 3.05) is 13.2 Å². The van der Waals surface area contributed by atoms with Gasteiger partial charge < -0.3 is 9.47 Å². The Morgan fingerprint density at radius 1 is 1.54 bits per heavy atom. The monoisotopic (exact) mass is 184 g/mol. The molecule has 0 saturated carbocycles. The summed E-state index contributed by atoms with van der Waals surface area (Å²) in [6.07, 6.45) is 2.39. The third-order valence-corrected chi connectivity index (χ3v) is 1.58. The van der Waals surface area contributed by atoms with E-state index < -0.39 is 5.60 Å². The molecule has 0 N–H and O–H groups in total. The second kappa shape index (κ2) is 3.92. The van der Waals surface area contributed by atoms with E-state index in [1.54, 1.807) is 0 Å². The minimum Gasteiger partial charge on any atom is -0.457 e. The summed E-state index contributed by atoms with van der Waals surface area (Å²) < 4.78 is 10.2. The van der Waals surface area contributed by atoms with Crippen LogP contribution in [0.2, 0.25) is 0 Å². The lowest BCUT2D eigenvalue weighted by atomic mass is 10.2. The summed E-state index contributed by atoms with van der Waals surface area (Å²) in [4.78, 5) is 11.3. The van der Waals surface area contributed by atoms with Crippen LogP contribution in [0, 0.1) is 0 Å². The molecule has 0 aromatic heterocycles. The van der Waals surface area contributed by atoms with Gasteiger partial charge in [-0.15, -0.1) is 0 Å². The van der Waals surface area contributed by atoms with Crippen LogP contribution in [-0.2, 0) is 14.3 Å². The lowest BCUT2D eigenvalue weighted by molar-refractivity contribution is -0.148. The van der Waals surface area contributed by atoms with E-state index in [2.05, 4.69) is 0 Å². The molecule has 3 heteroatoms. The Balaban J connectivity index is 2.45. The zero-order valence-electron chi connectivity index (χ0n) is 8.42. The van der Waals surface area contributed by atoms with Crippen molar-refractivity contribution in [2.24, 2.45) is 0 Å². The molecule has 13 heavy (non-hydrogen) atoms. The molecule has 0 amide bonds. The van der Waals surface area contributed by atoms with Crippen LogP contribution < -0.4 is 0 Å². The zero-order valence-corrected chi connectivity index (χ0v) is 8.42. The summed E-state index contributed by atoms with van der Waals surface area (Å²) in [5.41, 5.74) is 0.613. The molecule has 0 bridgehead atoms. The number of esters is 1. The molecule has 1 heterocycles. The highest BCUT2D eigenvalue weighted by molar-refractivity contribution is 5.83. The predicted molar refractivity (Wildman–Crippen MR) is 49.4 cm³/mol. The lowest BCUT2D eigenvalue weighted by Gasteiger charge is -2.18. The number of rotatable bonds is 1. The molecule has 74 valence electrons. The fraction of sp³-hybridized carbons (Fsp3) is 0.700. The first-order valence-electron chi connectivity index (χ1n) is 4.47. The molecule has 0 atom stereocenters. The van der Waals surface area contributed by atoms with Crippen LogP contribution in [0.4, 0.5) is 0 Å². The van der Waals surface area contributed by atoms with Crippen LogP contribution >= 0.6 is 0 Å². The lowest BCUT2D eigenvalue weighted by Crippen LogP contribution is -2.22. The van der Waals surface area contributed by atoms with Crippen LogP contribution in [0.25, 0.3) is 0 Å². The third kappa shape index (κ3) is 4.08. The summed E-state index contributed by atoms with van der Waals surface area (Å²) in [5, 5.41) is 0. The van der Waals surface area contributed by atoms with E-state index in [0.717, 1.165) is 12.0 Å². The second-order valence-corrected chi connectivity index (χ2v) is 4.14. The van der Waals surface area contributed by atoms with Crippen LogP contribution in [0.5, 0.6) is 0 Å². The largest absolute Gasteiger partial charge is 0.457 e. The average Bonchev–Trinajstić information content (AvgIpc) is 2.34.